The molecule has 1 saturated carbocycles. The van der Waals surface area contributed by atoms with Gasteiger partial charge in [-0.1, -0.05) is 26.7 Å². The molecule has 0 amide bonds. The zero-order valence-corrected chi connectivity index (χ0v) is 25.9. The number of pyridine rings is 2. The van der Waals surface area contributed by atoms with E-state index in [1.165, 1.54) is 0 Å². The van der Waals surface area contributed by atoms with Crippen LogP contribution in [0.4, 0.5) is 11.6 Å². The molecular formula is C32H41N7O4. The molecule has 4 aromatic rings. The van der Waals surface area contributed by atoms with Crippen molar-refractivity contribution >= 4 is 22.8 Å². The molecule has 228 valence electrons. The highest BCUT2D eigenvalue weighted by molar-refractivity contribution is 5.84. The molecule has 0 atom stereocenters. The van der Waals surface area contributed by atoms with E-state index in [0.717, 1.165) is 56.8 Å². The number of nitrogens with one attached hydrogen (secondary N) is 1. The number of aryl methyl sites for hydroxylation is 2. The van der Waals surface area contributed by atoms with Crippen molar-refractivity contribution in [1.82, 2.24) is 29.6 Å². The predicted molar refractivity (Wildman–Crippen MR) is 168 cm³/mol. The van der Waals surface area contributed by atoms with E-state index in [1.54, 1.807) is 24.9 Å². The van der Waals surface area contributed by atoms with Gasteiger partial charge < -0.3 is 24.4 Å². The second-order valence-electron chi connectivity index (χ2n) is 10.8. The second kappa shape index (κ2) is 13.4. The minimum atomic E-state index is -0.168. The predicted octanol–water partition coefficient (Wildman–Crippen LogP) is 5.46. The van der Waals surface area contributed by atoms with Crippen molar-refractivity contribution in [1.29, 1.82) is 0 Å². The van der Waals surface area contributed by atoms with Gasteiger partial charge in [0.2, 0.25) is 5.95 Å². The normalized spacial score (nSPS) is 13.6. The fourth-order valence-electron chi connectivity index (χ4n) is 5.91. The summed E-state index contributed by atoms with van der Waals surface area (Å²) >= 11 is 0. The summed E-state index contributed by atoms with van der Waals surface area (Å²) in [7, 11) is 3.15. The first-order valence-corrected chi connectivity index (χ1v) is 15.0. The number of ether oxygens (including phenoxy) is 3. The van der Waals surface area contributed by atoms with E-state index in [2.05, 4.69) is 39.2 Å². The van der Waals surface area contributed by atoms with Crippen LogP contribution in [0.25, 0.3) is 22.3 Å². The van der Waals surface area contributed by atoms with Gasteiger partial charge in [0.25, 0.3) is 5.56 Å². The Balaban J connectivity index is 1.51. The lowest BCUT2D eigenvalue weighted by Gasteiger charge is -2.20. The first-order valence-electron chi connectivity index (χ1n) is 15.0. The Hall–Kier alpha value is -4.25. The molecule has 1 aromatic carbocycles. The van der Waals surface area contributed by atoms with Gasteiger partial charge in [0.05, 0.1) is 36.7 Å². The van der Waals surface area contributed by atoms with Crippen LogP contribution >= 0.6 is 0 Å². The van der Waals surface area contributed by atoms with Crippen LogP contribution in [0, 0.1) is 13.8 Å². The summed E-state index contributed by atoms with van der Waals surface area (Å²) in [5, 5.41) is 12.1. The van der Waals surface area contributed by atoms with E-state index >= 15 is 0 Å². The van der Waals surface area contributed by atoms with Crippen molar-refractivity contribution in [2.75, 3.05) is 45.8 Å². The Kier molecular flexibility index (Phi) is 9.40. The van der Waals surface area contributed by atoms with Crippen LogP contribution in [0.3, 0.4) is 0 Å². The van der Waals surface area contributed by atoms with Gasteiger partial charge in [-0.05, 0) is 70.1 Å². The van der Waals surface area contributed by atoms with Crippen LogP contribution in [0.15, 0.2) is 35.1 Å². The van der Waals surface area contributed by atoms with Gasteiger partial charge in [0, 0.05) is 18.3 Å². The summed E-state index contributed by atoms with van der Waals surface area (Å²) in [6.45, 7) is 11.5. The van der Waals surface area contributed by atoms with Crippen molar-refractivity contribution in [3.63, 3.8) is 0 Å². The molecular weight excluding hydrogens is 546 g/mol. The lowest BCUT2D eigenvalue weighted by Crippen LogP contribution is -2.27. The van der Waals surface area contributed by atoms with Gasteiger partial charge in [-0.15, -0.1) is 10.2 Å². The second-order valence-corrected chi connectivity index (χ2v) is 10.8. The van der Waals surface area contributed by atoms with Gasteiger partial charge in [-0.3, -0.25) is 14.3 Å². The number of rotatable bonds is 12. The molecule has 1 N–H and O–H groups in total. The fraction of sp³-hybridized carbons (Fsp3) is 0.469. The Morgan fingerprint density at radius 1 is 0.953 bits per heavy atom. The maximum Gasteiger partial charge on any atom is 0.260 e. The molecule has 11 heteroatoms. The highest BCUT2D eigenvalue weighted by atomic mass is 16.5. The summed E-state index contributed by atoms with van der Waals surface area (Å²) in [5.41, 5.74) is 3.97. The number of aromatic nitrogens is 5. The largest absolute Gasteiger partial charge is 0.494 e. The summed E-state index contributed by atoms with van der Waals surface area (Å²) in [6.07, 6.45) is 3.89. The molecule has 0 aliphatic heterocycles. The quantitative estimate of drug-likeness (QED) is 0.229. The van der Waals surface area contributed by atoms with Crippen molar-refractivity contribution in [2.45, 2.75) is 59.4 Å². The van der Waals surface area contributed by atoms with Crippen LogP contribution in [0.1, 0.15) is 57.0 Å². The smallest absolute Gasteiger partial charge is 0.260 e. The van der Waals surface area contributed by atoms with Crippen LogP contribution in [-0.2, 0) is 0 Å². The molecule has 0 radical (unpaired) electrons. The molecule has 11 nitrogen and oxygen atoms in total. The maximum atomic E-state index is 14.3. The number of anilines is 2. The monoisotopic (exact) mass is 587 g/mol. The molecule has 43 heavy (non-hydrogen) atoms. The molecule has 3 aromatic heterocycles. The third-order valence-electron chi connectivity index (χ3n) is 8.15. The minimum Gasteiger partial charge on any atom is -0.494 e. The number of benzene rings is 1. The maximum absolute atomic E-state index is 14.3. The molecule has 3 heterocycles. The number of hydrogen-bond acceptors (Lipinski definition) is 10. The molecule has 0 spiro atoms. The first kappa shape index (κ1) is 30.2. The minimum absolute atomic E-state index is 0.00768. The molecule has 1 fully saturated rings. The summed E-state index contributed by atoms with van der Waals surface area (Å²) < 4.78 is 19.2. The van der Waals surface area contributed by atoms with E-state index in [4.69, 9.17) is 19.2 Å². The Morgan fingerprint density at radius 2 is 1.60 bits per heavy atom. The third kappa shape index (κ3) is 6.27. The van der Waals surface area contributed by atoms with Gasteiger partial charge >= 0.3 is 0 Å². The standard InChI is InChI=1S/C32H41N7O4/c1-7-38(8-2)17-18-43-24-15-13-22(14-16-24)34-32-35-30-26(36-37-32)19-25(31(40)39(30)23-11-9-10-12-23)27-28(41-5)20(3)33-21(4)29(27)42-6/h13-16,19,23H,7-12,17-18H2,1-6H3,(H,34,35,37). The number of likely N-dealkylation sites (N-methyl/N-ethyl adjacent to an activating group) is 1. The number of nitrogens with zero attached hydrogens (tertiary/aromatic N) is 6. The van der Waals surface area contributed by atoms with Crippen molar-refractivity contribution in [3.8, 4) is 28.4 Å². The van der Waals surface area contributed by atoms with Crippen LogP contribution in [0.5, 0.6) is 17.2 Å². The Bertz CT molecular complexity index is 1600. The zero-order valence-electron chi connectivity index (χ0n) is 25.9. The molecule has 1 aliphatic rings. The average molecular weight is 588 g/mol. The van der Waals surface area contributed by atoms with E-state index in [1.807, 2.05) is 38.1 Å². The highest BCUT2D eigenvalue weighted by Crippen LogP contribution is 2.41. The summed E-state index contributed by atoms with van der Waals surface area (Å²) in [4.78, 5) is 26.0. The Labute approximate surface area is 252 Å². The lowest BCUT2D eigenvalue weighted by atomic mass is 10.0. The zero-order chi connectivity index (χ0) is 30.5. The summed E-state index contributed by atoms with van der Waals surface area (Å²) in [5.74, 6) is 2.10. The third-order valence-corrected chi connectivity index (χ3v) is 8.15. The van der Waals surface area contributed by atoms with Crippen LogP contribution in [0.2, 0.25) is 0 Å². The average Bonchev–Trinajstić information content (AvgIpc) is 3.54. The van der Waals surface area contributed by atoms with Crippen molar-refractivity contribution in [2.24, 2.45) is 0 Å². The number of fused-ring (bicyclic) bond motifs is 1. The molecule has 0 bridgehead atoms. The van der Waals surface area contributed by atoms with Gasteiger partial charge in [-0.25, -0.2) is 0 Å². The fourth-order valence-corrected chi connectivity index (χ4v) is 5.91. The number of hydrogen-bond donors (Lipinski definition) is 1. The van der Waals surface area contributed by atoms with Gasteiger partial charge in [0.1, 0.15) is 17.9 Å². The topological polar surface area (TPSA) is 117 Å². The van der Waals surface area contributed by atoms with Gasteiger partial charge in [0.15, 0.2) is 17.1 Å². The SMILES string of the molecule is CCN(CC)CCOc1ccc(Nc2nnc3cc(-c4c(OC)c(C)nc(C)c4OC)c(=O)n(C4CCCC4)c3n2)cc1. The van der Waals surface area contributed by atoms with Crippen LogP contribution < -0.4 is 25.1 Å². The van der Waals surface area contributed by atoms with Crippen molar-refractivity contribution < 1.29 is 14.2 Å². The molecule has 1 aliphatic carbocycles. The van der Waals surface area contributed by atoms with Crippen molar-refractivity contribution in [3.05, 3.63) is 52.1 Å². The van der Waals surface area contributed by atoms with E-state index in [-0.39, 0.29) is 11.6 Å². The molecule has 0 saturated heterocycles. The lowest BCUT2D eigenvalue weighted by molar-refractivity contribution is 0.223. The molecule has 5 rings (SSSR count). The van der Waals surface area contributed by atoms with Gasteiger partial charge in [-0.2, -0.15) is 4.98 Å². The van der Waals surface area contributed by atoms with E-state index < -0.39 is 0 Å². The van der Waals surface area contributed by atoms with E-state index in [0.29, 0.717) is 57.7 Å². The van der Waals surface area contributed by atoms with Crippen LogP contribution in [-0.4, -0.2) is 70.1 Å². The first-order chi connectivity index (χ1) is 20.9. The highest BCUT2D eigenvalue weighted by Gasteiger charge is 2.28. The summed E-state index contributed by atoms with van der Waals surface area (Å²) in [6, 6.07) is 9.41. The number of methoxy groups -OCH3 is 2. The molecule has 0 unspecified atom stereocenters. The Morgan fingerprint density at radius 3 is 2.21 bits per heavy atom. The van der Waals surface area contributed by atoms with E-state index in [9.17, 15) is 4.79 Å².